The quantitative estimate of drug-likeness (QED) is 0.270. The van der Waals surface area contributed by atoms with Gasteiger partial charge in [0.1, 0.15) is 52.2 Å². The zero-order valence-corrected chi connectivity index (χ0v) is 22.9. The highest BCUT2D eigenvalue weighted by atomic mass is 19.1. The first-order chi connectivity index (χ1) is 20.9. The lowest BCUT2D eigenvalue weighted by Gasteiger charge is -2.17. The fourth-order valence-electron chi connectivity index (χ4n) is 5.41. The average molecular weight is 579 g/mol. The van der Waals surface area contributed by atoms with Crippen molar-refractivity contribution in [2.75, 3.05) is 18.9 Å². The number of anilines is 1. The Hall–Kier alpha value is -5.45. The molecule has 0 saturated heterocycles. The van der Waals surface area contributed by atoms with Gasteiger partial charge in [0, 0.05) is 24.1 Å². The second kappa shape index (κ2) is 10.4. The lowest BCUT2D eigenvalue weighted by Crippen LogP contribution is -2.17. The van der Waals surface area contributed by atoms with Crippen LogP contribution in [-0.2, 0) is 4.74 Å². The molecular weight excluding hydrogens is 554 g/mol. The van der Waals surface area contributed by atoms with Gasteiger partial charge >= 0.3 is 0 Å². The lowest BCUT2D eigenvalue weighted by molar-refractivity contribution is 0.284. The van der Waals surface area contributed by atoms with Gasteiger partial charge in [-0.15, -0.1) is 0 Å². The van der Waals surface area contributed by atoms with Crippen LogP contribution in [0.3, 0.4) is 0 Å². The summed E-state index contributed by atoms with van der Waals surface area (Å²) in [5.41, 5.74) is 8.54. The summed E-state index contributed by atoms with van der Waals surface area (Å²) in [6, 6.07) is 16.5. The highest BCUT2D eigenvalue weighted by Gasteiger charge is 2.28. The summed E-state index contributed by atoms with van der Waals surface area (Å²) in [5, 5.41) is 5.17. The summed E-state index contributed by atoms with van der Waals surface area (Å²) in [7, 11) is 0. The number of rotatable bonds is 5. The highest BCUT2D eigenvalue weighted by molar-refractivity contribution is 5.99. The minimum atomic E-state index is -0.756. The normalized spacial score (nSPS) is 14.1. The standard InChI is InChI=1S/C32H24F2N6O3/c1-17(29-24(20-5-2-6-21(33)15-20)28(41)25-22(34)7-3-8-23(25)43-29)40-31-26(30(35)37-16-38-31)27(39-40)18-9-11-19(12-10-18)32-36-13-4-14-42-32/h2-3,5-12,15-17H,4,13-14H2,1H3,(H2,35,37,38). The number of nitrogen functional groups attached to an aromatic ring is 1. The minimum absolute atomic E-state index is 0.0226. The number of ether oxygens (including phenoxy) is 1. The van der Waals surface area contributed by atoms with Crippen LogP contribution in [0.5, 0.6) is 0 Å². The Morgan fingerprint density at radius 3 is 2.51 bits per heavy atom. The number of aliphatic imine (C=N–C) groups is 1. The molecule has 0 bridgehead atoms. The van der Waals surface area contributed by atoms with Crippen LogP contribution < -0.4 is 11.2 Å². The number of hydrogen-bond donors (Lipinski definition) is 1. The van der Waals surface area contributed by atoms with E-state index in [9.17, 15) is 13.6 Å². The largest absolute Gasteiger partial charge is 0.477 e. The third-order valence-electron chi connectivity index (χ3n) is 7.48. The van der Waals surface area contributed by atoms with Crippen LogP contribution in [0, 0.1) is 11.6 Å². The van der Waals surface area contributed by atoms with Crippen molar-refractivity contribution >= 4 is 33.7 Å². The summed E-state index contributed by atoms with van der Waals surface area (Å²) < 4.78 is 42.7. The van der Waals surface area contributed by atoms with Crippen molar-refractivity contribution in [2.45, 2.75) is 19.4 Å². The van der Waals surface area contributed by atoms with Crippen molar-refractivity contribution in [3.8, 4) is 22.4 Å². The van der Waals surface area contributed by atoms with Gasteiger partial charge in [-0.1, -0.05) is 30.3 Å². The van der Waals surface area contributed by atoms with Crippen molar-refractivity contribution < 1.29 is 17.9 Å². The van der Waals surface area contributed by atoms with Crippen LogP contribution in [0.2, 0.25) is 0 Å². The zero-order valence-electron chi connectivity index (χ0n) is 22.9. The van der Waals surface area contributed by atoms with Gasteiger partial charge in [0.05, 0.1) is 17.6 Å². The Labute approximate surface area is 243 Å². The van der Waals surface area contributed by atoms with Crippen LogP contribution >= 0.6 is 0 Å². The number of hydrogen-bond acceptors (Lipinski definition) is 8. The van der Waals surface area contributed by atoms with E-state index >= 15 is 0 Å². The van der Waals surface area contributed by atoms with Gasteiger partial charge in [-0.3, -0.25) is 9.79 Å². The predicted molar refractivity (Wildman–Crippen MR) is 159 cm³/mol. The number of fused-ring (bicyclic) bond motifs is 2. The molecule has 214 valence electrons. The number of benzene rings is 3. The van der Waals surface area contributed by atoms with E-state index < -0.39 is 23.1 Å². The predicted octanol–water partition coefficient (Wildman–Crippen LogP) is 5.90. The maximum Gasteiger partial charge on any atom is 0.216 e. The minimum Gasteiger partial charge on any atom is -0.477 e. The van der Waals surface area contributed by atoms with Gasteiger partial charge in [0.15, 0.2) is 5.65 Å². The van der Waals surface area contributed by atoms with E-state index in [1.807, 2.05) is 24.3 Å². The van der Waals surface area contributed by atoms with E-state index in [1.54, 1.807) is 17.7 Å². The van der Waals surface area contributed by atoms with Gasteiger partial charge in [-0.25, -0.2) is 23.4 Å². The molecule has 1 unspecified atom stereocenters. The molecule has 0 fully saturated rings. The van der Waals surface area contributed by atoms with Crippen molar-refractivity contribution in [2.24, 2.45) is 4.99 Å². The average Bonchev–Trinajstić information content (AvgIpc) is 3.42. The van der Waals surface area contributed by atoms with E-state index in [0.29, 0.717) is 35.8 Å². The van der Waals surface area contributed by atoms with Crippen LogP contribution in [0.1, 0.15) is 30.7 Å². The molecule has 43 heavy (non-hydrogen) atoms. The number of nitrogens with zero attached hydrogens (tertiary/aromatic N) is 5. The Kier molecular flexibility index (Phi) is 6.42. The van der Waals surface area contributed by atoms with Gasteiger partial charge in [-0.05, 0) is 48.9 Å². The maximum atomic E-state index is 14.9. The zero-order chi connectivity index (χ0) is 29.7. The molecule has 0 spiro atoms. The third kappa shape index (κ3) is 4.49. The molecule has 0 saturated carbocycles. The molecule has 3 aromatic carbocycles. The molecule has 0 aliphatic carbocycles. The third-order valence-corrected chi connectivity index (χ3v) is 7.48. The molecule has 11 heteroatoms. The molecule has 4 heterocycles. The van der Waals surface area contributed by atoms with Crippen molar-refractivity contribution in [3.05, 3.63) is 106 Å². The van der Waals surface area contributed by atoms with Gasteiger partial charge < -0.3 is 14.9 Å². The Morgan fingerprint density at radius 1 is 0.953 bits per heavy atom. The van der Waals surface area contributed by atoms with Crippen LogP contribution in [0.15, 0.2) is 87.3 Å². The molecule has 1 aliphatic heterocycles. The number of halogens is 2. The lowest BCUT2D eigenvalue weighted by atomic mass is 9.99. The summed E-state index contributed by atoms with van der Waals surface area (Å²) in [6.07, 6.45) is 2.21. The molecule has 1 aliphatic rings. The fraction of sp³-hybridized carbons (Fsp3) is 0.156. The van der Waals surface area contributed by atoms with Crippen molar-refractivity contribution in [1.29, 1.82) is 0 Å². The van der Waals surface area contributed by atoms with Crippen molar-refractivity contribution in [3.63, 3.8) is 0 Å². The Morgan fingerprint density at radius 2 is 1.74 bits per heavy atom. The number of nitrogens with two attached hydrogens (primary N) is 1. The Bertz CT molecular complexity index is 2120. The molecule has 9 nitrogen and oxygen atoms in total. The molecule has 0 radical (unpaired) electrons. The van der Waals surface area contributed by atoms with Gasteiger partial charge in [0.2, 0.25) is 11.3 Å². The first-order valence-electron chi connectivity index (χ1n) is 13.7. The molecule has 1 atom stereocenters. The van der Waals surface area contributed by atoms with E-state index in [1.165, 1.54) is 42.7 Å². The molecule has 0 amide bonds. The monoisotopic (exact) mass is 578 g/mol. The van der Waals surface area contributed by atoms with E-state index in [-0.39, 0.29) is 33.7 Å². The van der Waals surface area contributed by atoms with Gasteiger partial charge in [0.25, 0.3) is 0 Å². The molecule has 2 N–H and O–H groups in total. The van der Waals surface area contributed by atoms with Gasteiger partial charge in [-0.2, -0.15) is 5.10 Å². The topological polar surface area (TPSA) is 121 Å². The summed E-state index contributed by atoms with van der Waals surface area (Å²) in [5.74, 6) is -0.315. The summed E-state index contributed by atoms with van der Waals surface area (Å²) in [4.78, 5) is 26.9. The first kappa shape index (κ1) is 26.4. The molecule has 6 aromatic rings. The smallest absolute Gasteiger partial charge is 0.216 e. The van der Waals surface area contributed by atoms with Crippen molar-refractivity contribution in [1.82, 2.24) is 19.7 Å². The van der Waals surface area contributed by atoms with E-state index in [4.69, 9.17) is 20.0 Å². The van der Waals surface area contributed by atoms with E-state index in [2.05, 4.69) is 15.0 Å². The summed E-state index contributed by atoms with van der Waals surface area (Å²) >= 11 is 0. The number of aromatic nitrogens is 4. The van der Waals surface area contributed by atoms with Crippen LogP contribution in [0.25, 0.3) is 44.4 Å². The SMILES string of the molecule is CC(c1oc2cccc(F)c2c(=O)c1-c1cccc(F)c1)n1nc(-c2ccc(C3=NCCCO3)cc2)c2c(N)ncnc21. The Balaban J connectivity index is 1.42. The fourth-order valence-corrected chi connectivity index (χ4v) is 5.41. The van der Waals surface area contributed by atoms with Crippen LogP contribution in [-0.4, -0.2) is 38.8 Å². The first-order valence-corrected chi connectivity index (χ1v) is 13.7. The summed E-state index contributed by atoms with van der Waals surface area (Å²) in [6.45, 7) is 3.10. The van der Waals surface area contributed by atoms with E-state index in [0.717, 1.165) is 17.5 Å². The second-order valence-electron chi connectivity index (χ2n) is 10.2. The molecule has 7 rings (SSSR count). The highest BCUT2D eigenvalue weighted by Crippen LogP contribution is 2.36. The second-order valence-corrected chi connectivity index (χ2v) is 10.2. The molecular formula is C32H24F2N6O3. The molecule has 3 aromatic heterocycles. The maximum absolute atomic E-state index is 14.9. The van der Waals surface area contributed by atoms with Crippen LogP contribution in [0.4, 0.5) is 14.6 Å².